The summed E-state index contributed by atoms with van der Waals surface area (Å²) in [7, 11) is 0. The lowest BCUT2D eigenvalue weighted by molar-refractivity contribution is -0.000536. The summed E-state index contributed by atoms with van der Waals surface area (Å²) in [6.45, 7) is 17.6. The molecule has 2 saturated carbocycles. The summed E-state index contributed by atoms with van der Waals surface area (Å²) in [6, 6.07) is 0. The molecule has 2 heterocycles. The summed E-state index contributed by atoms with van der Waals surface area (Å²) in [5.41, 5.74) is 2.29. The van der Waals surface area contributed by atoms with Gasteiger partial charge in [-0.1, -0.05) is 0 Å². The zero-order valence-electron chi connectivity index (χ0n) is 19.1. The lowest BCUT2D eigenvalue weighted by atomic mass is 9.63. The van der Waals surface area contributed by atoms with Crippen molar-refractivity contribution in [3.05, 3.63) is 0 Å². The second-order valence-corrected chi connectivity index (χ2v) is 12.6. The topological polar surface area (TPSA) is 6.48 Å². The van der Waals surface area contributed by atoms with Gasteiger partial charge in [-0.25, -0.2) is 0 Å². The fraction of sp³-hybridized carbons (Fsp3) is 1.00. The minimum Gasteiger partial charge on any atom is -0.298 e. The maximum atomic E-state index is 2.85. The Balaban J connectivity index is 1.24. The molecule has 27 heavy (non-hydrogen) atoms. The van der Waals surface area contributed by atoms with E-state index in [2.05, 4.69) is 44.4 Å². The van der Waals surface area contributed by atoms with Crippen LogP contribution in [0.5, 0.6) is 0 Å². The van der Waals surface area contributed by atoms with E-state index in [4.69, 9.17) is 0 Å². The molecule has 2 nitrogen and oxygen atoms in total. The van der Waals surface area contributed by atoms with Crippen molar-refractivity contribution < 1.29 is 0 Å². The van der Waals surface area contributed by atoms with Gasteiger partial charge in [0.2, 0.25) is 0 Å². The first-order valence-electron chi connectivity index (χ1n) is 12.1. The van der Waals surface area contributed by atoms with Gasteiger partial charge in [0.1, 0.15) is 0 Å². The van der Waals surface area contributed by atoms with Crippen LogP contribution in [0.15, 0.2) is 0 Å². The average Bonchev–Trinajstić information content (AvgIpc) is 3.36. The molecule has 0 N–H and O–H groups in total. The average molecular weight is 375 g/mol. The second-order valence-electron chi connectivity index (χ2n) is 12.6. The van der Waals surface area contributed by atoms with E-state index in [9.17, 15) is 0 Å². The molecule has 4 rings (SSSR count). The quantitative estimate of drug-likeness (QED) is 0.588. The molecule has 156 valence electrons. The molecule has 2 heteroatoms. The molecule has 0 unspecified atom stereocenters. The van der Waals surface area contributed by atoms with Crippen molar-refractivity contribution in [3.63, 3.8) is 0 Å². The maximum Gasteiger partial charge on any atom is 0.0155 e. The summed E-state index contributed by atoms with van der Waals surface area (Å²) >= 11 is 0. The minimum absolute atomic E-state index is 0.357. The third kappa shape index (κ3) is 4.42. The SMILES string of the molecule is CC(C)(C)N1CCC2(CCC(CC(C)(C)N3CCC4(CC3)CC4)CC2)CC1. The van der Waals surface area contributed by atoms with Crippen LogP contribution in [0.2, 0.25) is 0 Å². The highest BCUT2D eigenvalue weighted by atomic mass is 15.2. The number of rotatable bonds is 3. The molecule has 0 aromatic rings. The highest BCUT2D eigenvalue weighted by molar-refractivity contribution is 5.00. The van der Waals surface area contributed by atoms with Gasteiger partial charge in [-0.05, 0) is 148 Å². The van der Waals surface area contributed by atoms with Crippen molar-refractivity contribution in [1.29, 1.82) is 0 Å². The van der Waals surface area contributed by atoms with E-state index in [-0.39, 0.29) is 0 Å². The highest BCUT2D eigenvalue weighted by Crippen LogP contribution is 2.55. The monoisotopic (exact) mass is 374 g/mol. The van der Waals surface area contributed by atoms with E-state index in [0.717, 1.165) is 11.3 Å². The van der Waals surface area contributed by atoms with Crippen LogP contribution in [0.1, 0.15) is 105 Å². The van der Waals surface area contributed by atoms with E-state index in [0.29, 0.717) is 16.5 Å². The standard InChI is InChI=1S/C25H46N2/c1-22(2,3)26-16-12-24(13-17-26)8-6-21(7-9-24)20-23(4,5)27-18-14-25(10-11-25)15-19-27/h21H,6-20H2,1-5H3. The van der Waals surface area contributed by atoms with Crippen LogP contribution in [0.4, 0.5) is 0 Å². The predicted molar refractivity (Wildman–Crippen MR) is 116 cm³/mol. The summed E-state index contributed by atoms with van der Waals surface area (Å²) in [6.07, 6.45) is 16.4. The van der Waals surface area contributed by atoms with Gasteiger partial charge in [-0.15, -0.1) is 0 Å². The van der Waals surface area contributed by atoms with Crippen LogP contribution in [-0.2, 0) is 0 Å². The summed E-state index contributed by atoms with van der Waals surface area (Å²) in [4.78, 5) is 5.57. The number of hydrogen-bond acceptors (Lipinski definition) is 2. The van der Waals surface area contributed by atoms with Crippen LogP contribution in [0, 0.1) is 16.7 Å². The van der Waals surface area contributed by atoms with Gasteiger partial charge in [0.15, 0.2) is 0 Å². The number of nitrogens with zero attached hydrogens (tertiary/aromatic N) is 2. The smallest absolute Gasteiger partial charge is 0.0155 e. The largest absolute Gasteiger partial charge is 0.298 e. The van der Waals surface area contributed by atoms with Gasteiger partial charge in [-0.3, -0.25) is 9.80 Å². The van der Waals surface area contributed by atoms with Crippen molar-refractivity contribution >= 4 is 0 Å². The van der Waals surface area contributed by atoms with Gasteiger partial charge < -0.3 is 0 Å². The zero-order valence-corrected chi connectivity index (χ0v) is 19.1. The molecular weight excluding hydrogens is 328 g/mol. The van der Waals surface area contributed by atoms with Crippen molar-refractivity contribution in [2.45, 2.75) is 116 Å². The fourth-order valence-corrected chi connectivity index (χ4v) is 6.74. The van der Waals surface area contributed by atoms with E-state index in [1.54, 1.807) is 0 Å². The number of hydrogen-bond donors (Lipinski definition) is 0. The molecule has 2 aliphatic heterocycles. The van der Waals surface area contributed by atoms with Crippen molar-refractivity contribution in [1.82, 2.24) is 9.80 Å². The fourth-order valence-electron chi connectivity index (χ4n) is 6.74. The Hall–Kier alpha value is -0.0800. The highest BCUT2D eigenvalue weighted by Gasteiger charge is 2.47. The molecule has 0 aromatic carbocycles. The first-order valence-corrected chi connectivity index (χ1v) is 12.1. The molecule has 0 aromatic heterocycles. The molecule has 2 saturated heterocycles. The molecule has 0 amide bonds. The van der Waals surface area contributed by atoms with Crippen LogP contribution in [0.25, 0.3) is 0 Å². The van der Waals surface area contributed by atoms with Crippen molar-refractivity contribution in [2.24, 2.45) is 16.7 Å². The first kappa shape index (κ1) is 20.2. The number of piperidine rings is 2. The van der Waals surface area contributed by atoms with E-state index in [1.807, 2.05) is 0 Å². The van der Waals surface area contributed by atoms with Crippen LogP contribution in [0.3, 0.4) is 0 Å². The Morgan fingerprint density at radius 3 is 1.52 bits per heavy atom. The summed E-state index contributed by atoms with van der Waals surface area (Å²) < 4.78 is 0. The van der Waals surface area contributed by atoms with Crippen LogP contribution < -0.4 is 0 Å². The third-order valence-electron chi connectivity index (χ3n) is 9.36. The molecule has 4 fully saturated rings. The van der Waals surface area contributed by atoms with Gasteiger partial charge in [0.05, 0.1) is 0 Å². The molecular formula is C25H46N2. The predicted octanol–water partition coefficient (Wildman–Crippen LogP) is 6.10. The molecule has 0 atom stereocenters. The third-order valence-corrected chi connectivity index (χ3v) is 9.36. The number of likely N-dealkylation sites (tertiary alicyclic amines) is 2. The Morgan fingerprint density at radius 1 is 0.630 bits per heavy atom. The Labute approximate surface area is 169 Å². The van der Waals surface area contributed by atoms with Crippen LogP contribution >= 0.6 is 0 Å². The van der Waals surface area contributed by atoms with Crippen LogP contribution in [-0.4, -0.2) is 47.1 Å². The summed E-state index contributed by atoms with van der Waals surface area (Å²) in [5, 5.41) is 0. The van der Waals surface area contributed by atoms with E-state index >= 15 is 0 Å². The zero-order chi connectivity index (χ0) is 19.3. The second kappa shape index (κ2) is 7.01. The normalized spacial score (nSPS) is 30.1. The van der Waals surface area contributed by atoms with Crippen molar-refractivity contribution in [3.8, 4) is 0 Å². The maximum absolute atomic E-state index is 2.85. The minimum atomic E-state index is 0.357. The summed E-state index contributed by atoms with van der Waals surface area (Å²) in [5.74, 6) is 0.975. The van der Waals surface area contributed by atoms with Gasteiger partial charge in [-0.2, -0.15) is 0 Å². The van der Waals surface area contributed by atoms with Crippen molar-refractivity contribution in [2.75, 3.05) is 26.2 Å². The Bertz CT molecular complexity index is 497. The Morgan fingerprint density at radius 2 is 1.07 bits per heavy atom. The van der Waals surface area contributed by atoms with Gasteiger partial charge in [0.25, 0.3) is 0 Å². The van der Waals surface area contributed by atoms with E-state index < -0.39 is 0 Å². The van der Waals surface area contributed by atoms with E-state index in [1.165, 1.54) is 96.8 Å². The molecule has 0 bridgehead atoms. The lowest BCUT2D eigenvalue weighted by Gasteiger charge is -2.50. The molecule has 2 aliphatic carbocycles. The molecule has 4 aliphatic rings. The lowest BCUT2D eigenvalue weighted by Crippen LogP contribution is -2.51. The molecule has 0 radical (unpaired) electrons. The first-order chi connectivity index (χ1) is 12.6. The van der Waals surface area contributed by atoms with Gasteiger partial charge in [0, 0.05) is 11.1 Å². The molecule has 2 spiro atoms. The Kier molecular flexibility index (Phi) is 5.25. The van der Waals surface area contributed by atoms with Gasteiger partial charge >= 0.3 is 0 Å².